The third-order valence-electron chi connectivity index (χ3n) is 3.64. The molecule has 21 heavy (non-hydrogen) atoms. The number of nitrogens with zero attached hydrogens (tertiary/aromatic N) is 4. The minimum Gasteiger partial charge on any atom is -0.368 e. The minimum atomic E-state index is 0.400. The van der Waals surface area contributed by atoms with E-state index in [0.29, 0.717) is 5.88 Å². The van der Waals surface area contributed by atoms with E-state index in [9.17, 15) is 0 Å². The van der Waals surface area contributed by atoms with Gasteiger partial charge >= 0.3 is 0 Å². The summed E-state index contributed by atoms with van der Waals surface area (Å²) in [6.45, 7) is 3.77. The van der Waals surface area contributed by atoms with Crippen molar-refractivity contribution in [3.63, 3.8) is 0 Å². The van der Waals surface area contributed by atoms with Crippen molar-refractivity contribution in [3.05, 3.63) is 47.1 Å². The zero-order valence-corrected chi connectivity index (χ0v) is 13.1. The number of piperazine rings is 1. The molecular weight excluding hydrogens is 307 g/mol. The van der Waals surface area contributed by atoms with Crippen molar-refractivity contribution in [2.75, 3.05) is 36.0 Å². The van der Waals surface area contributed by atoms with E-state index in [-0.39, 0.29) is 0 Å². The van der Waals surface area contributed by atoms with E-state index in [1.54, 1.807) is 0 Å². The van der Waals surface area contributed by atoms with E-state index in [2.05, 4.69) is 32.1 Å². The van der Waals surface area contributed by atoms with Gasteiger partial charge in [0.05, 0.1) is 11.6 Å². The molecule has 4 nitrogen and oxygen atoms in total. The molecule has 0 N–H and O–H groups in total. The Bertz CT molecular complexity index is 578. The van der Waals surface area contributed by atoms with E-state index < -0.39 is 0 Å². The first-order valence-corrected chi connectivity index (χ1v) is 7.81. The maximum Gasteiger partial charge on any atom is 0.151 e. The summed E-state index contributed by atoms with van der Waals surface area (Å²) in [7, 11) is 0. The number of rotatable bonds is 3. The minimum absolute atomic E-state index is 0.400. The Morgan fingerprint density at radius 1 is 0.857 bits per heavy atom. The van der Waals surface area contributed by atoms with Gasteiger partial charge in [-0.1, -0.05) is 11.6 Å². The predicted molar refractivity (Wildman–Crippen MR) is 87.5 cm³/mol. The highest BCUT2D eigenvalue weighted by atomic mass is 35.5. The van der Waals surface area contributed by atoms with Crippen LogP contribution in [0.5, 0.6) is 0 Å². The number of anilines is 2. The predicted octanol–water partition coefficient (Wildman–Crippen LogP) is 3.20. The summed E-state index contributed by atoms with van der Waals surface area (Å²) >= 11 is 11.7. The second kappa shape index (κ2) is 6.50. The topological polar surface area (TPSA) is 32.3 Å². The first-order chi connectivity index (χ1) is 10.3. The lowest BCUT2D eigenvalue weighted by Crippen LogP contribution is -2.46. The van der Waals surface area contributed by atoms with Crippen LogP contribution in [0.1, 0.15) is 5.69 Å². The molecule has 0 saturated carbocycles. The highest BCUT2D eigenvalue weighted by molar-refractivity contribution is 6.30. The lowest BCUT2D eigenvalue weighted by molar-refractivity contribution is 0.643. The van der Waals surface area contributed by atoms with E-state index in [1.165, 1.54) is 5.69 Å². The molecular formula is C15H16Cl2N4. The second-order valence-corrected chi connectivity index (χ2v) is 5.67. The van der Waals surface area contributed by atoms with Crippen LogP contribution in [0.2, 0.25) is 5.02 Å². The molecule has 110 valence electrons. The van der Waals surface area contributed by atoms with E-state index in [4.69, 9.17) is 23.2 Å². The van der Waals surface area contributed by atoms with Crippen LogP contribution in [0.25, 0.3) is 0 Å². The fourth-order valence-electron chi connectivity index (χ4n) is 2.44. The highest BCUT2D eigenvalue weighted by Gasteiger charge is 2.18. The van der Waals surface area contributed by atoms with Crippen molar-refractivity contribution in [1.82, 2.24) is 10.2 Å². The molecule has 1 aliphatic rings. The van der Waals surface area contributed by atoms with Gasteiger partial charge in [-0.15, -0.1) is 16.7 Å². The SMILES string of the molecule is ClCc1ccc(N2CCN(c3ccc(Cl)cc3)CC2)nn1. The Kier molecular flexibility index (Phi) is 4.46. The molecule has 0 bridgehead atoms. The van der Waals surface area contributed by atoms with Crippen molar-refractivity contribution in [2.24, 2.45) is 0 Å². The summed E-state index contributed by atoms with van der Waals surface area (Å²) in [6, 6.07) is 11.9. The first-order valence-electron chi connectivity index (χ1n) is 6.90. The Labute approximate surface area is 134 Å². The highest BCUT2D eigenvalue weighted by Crippen LogP contribution is 2.21. The van der Waals surface area contributed by atoms with Crippen molar-refractivity contribution in [2.45, 2.75) is 5.88 Å². The van der Waals surface area contributed by atoms with Crippen molar-refractivity contribution >= 4 is 34.7 Å². The van der Waals surface area contributed by atoms with Crippen LogP contribution in [0.3, 0.4) is 0 Å². The van der Waals surface area contributed by atoms with Gasteiger partial charge in [-0.2, -0.15) is 5.10 Å². The molecule has 1 aromatic heterocycles. The van der Waals surface area contributed by atoms with Gasteiger partial charge in [0.15, 0.2) is 5.82 Å². The molecule has 0 radical (unpaired) electrons. The summed E-state index contributed by atoms with van der Waals surface area (Å²) in [5, 5.41) is 9.12. The molecule has 0 spiro atoms. The quantitative estimate of drug-likeness (QED) is 0.812. The van der Waals surface area contributed by atoms with Gasteiger partial charge < -0.3 is 9.80 Å². The van der Waals surface area contributed by atoms with Gasteiger partial charge in [0.1, 0.15) is 0 Å². The Morgan fingerprint density at radius 3 is 2.10 bits per heavy atom. The maximum atomic E-state index is 5.93. The molecule has 2 heterocycles. The molecule has 6 heteroatoms. The van der Waals surface area contributed by atoms with Crippen LogP contribution >= 0.6 is 23.2 Å². The summed E-state index contributed by atoms with van der Waals surface area (Å²) in [5.41, 5.74) is 2.02. The average Bonchev–Trinajstić information content (AvgIpc) is 2.56. The molecule has 0 unspecified atom stereocenters. The van der Waals surface area contributed by atoms with Crippen LogP contribution in [0.4, 0.5) is 11.5 Å². The Hall–Kier alpha value is -1.52. The zero-order chi connectivity index (χ0) is 14.7. The summed E-state index contributed by atoms with van der Waals surface area (Å²) in [4.78, 5) is 4.60. The monoisotopic (exact) mass is 322 g/mol. The zero-order valence-electron chi connectivity index (χ0n) is 11.5. The molecule has 2 aromatic rings. The van der Waals surface area contributed by atoms with Crippen LogP contribution < -0.4 is 9.80 Å². The summed E-state index contributed by atoms with van der Waals surface area (Å²) in [5.74, 6) is 1.32. The normalized spacial score (nSPS) is 15.3. The van der Waals surface area contributed by atoms with Gasteiger partial charge in [-0.3, -0.25) is 0 Å². The van der Waals surface area contributed by atoms with E-state index >= 15 is 0 Å². The third-order valence-corrected chi connectivity index (χ3v) is 4.16. The molecule has 1 fully saturated rings. The molecule has 3 rings (SSSR count). The third kappa shape index (κ3) is 3.39. The number of alkyl halides is 1. The number of aromatic nitrogens is 2. The smallest absolute Gasteiger partial charge is 0.151 e. The van der Waals surface area contributed by atoms with Gasteiger partial charge in [0, 0.05) is 36.9 Å². The van der Waals surface area contributed by atoms with Gasteiger partial charge in [0.2, 0.25) is 0 Å². The molecule has 0 amide bonds. The van der Waals surface area contributed by atoms with E-state index in [0.717, 1.165) is 42.7 Å². The maximum absolute atomic E-state index is 5.93. The molecule has 0 aliphatic carbocycles. The molecule has 1 saturated heterocycles. The van der Waals surface area contributed by atoms with Gasteiger partial charge in [-0.25, -0.2) is 0 Å². The largest absolute Gasteiger partial charge is 0.368 e. The number of halogens is 2. The Balaban J connectivity index is 1.62. The fraction of sp³-hybridized carbons (Fsp3) is 0.333. The van der Waals surface area contributed by atoms with Crippen molar-refractivity contribution in [1.29, 1.82) is 0 Å². The van der Waals surface area contributed by atoms with Crippen LogP contribution in [-0.2, 0) is 5.88 Å². The first kappa shape index (κ1) is 14.4. The fourth-order valence-corrected chi connectivity index (χ4v) is 2.71. The Morgan fingerprint density at radius 2 is 1.52 bits per heavy atom. The standard InChI is InChI=1S/C15H16Cl2N4/c16-11-13-3-6-15(19-18-13)21-9-7-20(8-10-21)14-4-1-12(17)2-5-14/h1-6H,7-11H2. The molecule has 1 aliphatic heterocycles. The molecule has 0 atom stereocenters. The summed E-state index contributed by atoms with van der Waals surface area (Å²) < 4.78 is 0. The van der Waals surface area contributed by atoms with Crippen molar-refractivity contribution in [3.8, 4) is 0 Å². The number of benzene rings is 1. The van der Waals surface area contributed by atoms with Crippen LogP contribution in [-0.4, -0.2) is 36.4 Å². The van der Waals surface area contributed by atoms with Crippen LogP contribution in [0, 0.1) is 0 Å². The van der Waals surface area contributed by atoms with Crippen LogP contribution in [0.15, 0.2) is 36.4 Å². The summed E-state index contributed by atoms with van der Waals surface area (Å²) in [6.07, 6.45) is 0. The van der Waals surface area contributed by atoms with Gasteiger partial charge in [-0.05, 0) is 36.4 Å². The average molecular weight is 323 g/mol. The van der Waals surface area contributed by atoms with Crippen molar-refractivity contribution < 1.29 is 0 Å². The number of hydrogen-bond acceptors (Lipinski definition) is 4. The lowest BCUT2D eigenvalue weighted by Gasteiger charge is -2.36. The van der Waals surface area contributed by atoms with E-state index in [1.807, 2.05) is 24.3 Å². The number of hydrogen-bond donors (Lipinski definition) is 0. The second-order valence-electron chi connectivity index (χ2n) is 4.97. The van der Waals surface area contributed by atoms with Gasteiger partial charge in [0.25, 0.3) is 0 Å². The molecule has 1 aromatic carbocycles. The lowest BCUT2D eigenvalue weighted by atomic mass is 10.2.